The number of benzene rings is 2. The normalized spacial score (nSPS) is 17.3. The zero-order chi connectivity index (χ0) is 19.4. The molecular weight excluding hydrogens is 378 g/mol. The van der Waals surface area contributed by atoms with Crippen molar-refractivity contribution in [2.75, 3.05) is 39.5 Å². The molecule has 0 unspecified atom stereocenters. The van der Waals surface area contributed by atoms with Gasteiger partial charge in [-0.3, -0.25) is 0 Å². The molecule has 2 aliphatic rings. The summed E-state index contributed by atoms with van der Waals surface area (Å²) in [4.78, 5) is 0.274. The summed E-state index contributed by atoms with van der Waals surface area (Å²) >= 11 is 0. The quantitative estimate of drug-likeness (QED) is 0.665. The van der Waals surface area contributed by atoms with Crippen molar-refractivity contribution in [2.45, 2.75) is 24.2 Å². The Morgan fingerprint density at radius 3 is 2.25 bits per heavy atom. The smallest absolute Gasteiger partial charge is 0.243 e. The van der Waals surface area contributed by atoms with Gasteiger partial charge in [0.25, 0.3) is 0 Å². The van der Waals surface area contributed by atoms with E-state index >= 15 is 0 Å². The number of rotatable bonds is 7. The minimum Gasteiger partial charge on any atom is -0.490 e. The van der Waals surface area contributed by atoms with Crippen molar-refractivity contribution in [3.63, 3.8) is 0 Å². The van der Waals surface area contributed by atoms with Crippen LogP contribution in [-0.4, -0.2) is 52.2 Å². The maximum atomic E-state index is 12.6. The monoisotopic (exact) mass is 403 g/mol. The number of morpholine rings is 1. The Kier molecular flexibility index (Phi) is 5.85. The number of aryl methyl sites for hydroxylation is 2. The third-order valence-electron chi connectivity index (χ3n) is 5.12. The van der Waals surface area contributed by atoms with Crippen LogP contribution >= 0.6 is 0 Å². The Hall–Kier alpha value is -2.09. The van der Waals surface area contributed by atoms with Crippen LogP contribution in [-0.2, 0) is 27.6 Å². The zero-order valence-corrected chi connectivity index (χ0v) is 16.6. The van der Waals surface area contributed by atoms with E-state index in [1.54, 1.807) is 24.3 Å². The highest BCUT2D eigenvalue weighted by Crippen LogP contribution is 2.26. The average Bonchev–Trinajstić information content (AvgIpc) is 3.20. The minimum absolute atomic E-state index is 0.274. The van der Waals surface area contributed by atoms with Crippen LogP contribution in [0.4, 0.5) is 0 Å². The van der Waals surface area contributed by atoms with Gasteiger partial charge >= 0.3 is 0 Å². The molecule has 0 bridgehead atoms. The van der Waals surface area contributed by atoms with E-state index in [0.717, 1.165) is 18.6 Å². The summed E-state index contributed by atoms with van der Waals surface area (Å²) in [6.07, 6.45) is 3.51. The van der Waals surface area contributed by atoms with Crippen molar-refractivity contribution in [3.8, 4) is 11.5 Å². The largest absolute Gasteiger partial charge is 0.490 e. The fraction of sp³-hybridized carbons (Fsp3) is 0.429. The van der Waals surface area contributed by atoms with Gasteiger partial charge in [-0.2, -0.15) is 4.31 Å². The van der Waals surface area contributed by atoms with Gasteiger partial charge in [-0.05, 0) is 66.8 Å². The zero-order valence-electron chi connectivity index (χ0n) is 15.8. The summed E-state index contributed by atoms with van der Waals surface area (Å²) in [5.74, 6) is 1.50. The van der Waals surface area contributed by atoms with Crippen LogP contribution in [0.2, 0.25) is 0 Å². The first-order valence-electron chi connectivity index (χ1n) is 9.68. The molecule has 1 aliphatic heterocycles. The first-order valence-corrected chi connectivity index (χ1v) is 11.1. The standard InChI is InChI=1S/C21H25NO5S/c23-28(24,22-10-12-25-13-11-22)21-8-6-19(7-9-21)26-14-15-27-20-5-4-17-2-1-3-18(17)16-20/h4-9,16H,1-3,10-15H2. The molecule has 0 aromatic heterocycles. The molecule has 1 saturated heterocycles. The van der Waals surface area contributed by atoms with Gasteiger partial charge in [0.2, 0.25) is 10.0 Å². The molecule has 4 rings (SSSR count). The lowest BCUT2D eigenvalue weighted by atomic mass is 10.1. The topological polar surface area (TPSA) is 65.1 Å². The van der Waals surface area contributed by atoms with E-state index in [1.807, 2.05) is 6.07 Å². The second-order valence-electron chi connectivity index (χ2n) is 6.97. The number of hydrogen-bond donors (Lipinski definition) is 0. The van der Waals surface area contributed by atoms with Gasteiger partial charge in [0.05, 0.1) is 18.1 Å². The van der Waals surface area contributed by atoms with Crippen molar-refractivity contribution < 1.29 is 22.6 Å². The first-order chi connectivity index (χ1) is 13.6. The Morgan fingerprint density at radius 1 is 0.857 bits per heavy atom. The van der Waals surface area contributed by atoms with Gasteiger partial charge in [-0.15, -0.1) is 0 Å². The van der Waals surface area contributed by atoms with Crippen LogP contribution in [0, 0.1) is 0 Å². The maximum Gasteiger partial charge on any atom is 0.243 e. The highest BCUT2D eigenvalue weighted by atomic mass is 32.2. The van der Waals surface area contributed by atoms with E-state index in [4.69, 9.17) is 14.2 Å². The van der Waals surface area contributed by atoms with Gasteiger partial charge in [0, 0.05) is 13.1 Å². The van der Waals surface area contributed by atoms with E-state index in [9.17, 15) is 8.42 Å². The van der Waals surface area contributed by atoms with Gasteiger partial charge in [-0.25, -0.2) is 8.42 Å². The van der Waals surface area contributed by atoms with Crippen LogP contribution in [0.15, 0.2) is 47.4 Å². The minimum atomic E-state index is -3.47. The van der Waals surface area contributed by atoms with Crippen molar-refractivity contribution in [1.29, 1.82) is 0 Å². The molecule has 1 heterocycles. The van der Waals surface area contributed by atoms with Crippen LogP contribution < -0.4 is 9.47 Å². The lowest BCUT2D eigenvalue weighted by Gasteiger charge is -2.26. The maximum absolute atomic E-state index is 12.6. The number of hydrogen-bond acceptors (Lipinski definition) is 5. The second kappa shape index (κ2) is 8.51. The van der Waals surface area contributed by atoms with Crippen LogP contribution in [0.1, 0.15) is 17.5 Å². The van der Waals surface area contributed by atoms with Crippen molar-refractivity contribution in [1.82, 2.24) is 4.31 Å². The Morgan fingerprint density at radius 2 is 1.50 bits per heavy atom. The number of ether oxygens (including phenoxy) is 3. The summed E-state index contributed by atoms with van der Waals surface area (Å²) in [5.41, 5.74) is 2.81. The fourth-order valence-electron chi connectivity index (χ4n) is 3.60. The van der Waals surface area contributed by atoms with Gasteiger partial charge in [0.1, 0.15) is 24.7 Å². The Balaban J connectivity index is 1.27. The van der Waals surface area contributed by atoms with Crippen LogP contribution in [0.3, 0.4) is 0 Å². The molecular formula is C21H25NO5S. The molecule has 0 atom stereocenters. The van der Waals surface area contributed by atoms with Crippen molar-refractivity contribution in [3.05, 3.63) is 53.6 Å². The molecule has 6 nitrogen and oxygen atoms in total. The molecule has 0 amide bonds. The molecule has 150 valence electrons. The highest BCUT2D eigenvalue weighted by Gasteiger charge is 2.26. The van der Waals surface area contributed by atoms with E-state index in [2.05, 4.69) is 12.1 Å². The van der Waals surface area contributed by atoms with E-state index in [1.165, 1.54) is 21.9 Å². The molecule has 1 aliphatic carbocycles. The van der Waals surface area contributed by atoms with Gasteiger partial charge < -0.3 is 14.2 Å². The third-order valence-corrected chi connectivity index (χ3v) is 7.04. The second-order valence-corrected chi connectivity index (χ2v) is 8.91. The summed E-state index contributed by atoms with van der Waals surface area (Å²) < 4.78 is 43.3. The number of fused-ring (bicyclic) bond motifs is 1. The highest BCUT2D eigenvalue weighted by molar-refractivity contribution is 7.89. The number of sulfonamides is 1. The van der Waals surface area contributed by atoms with E-state index in [-0.39, 0.29) is 4.90 Å². The molecule has 0 saturated carbocycles. The van der Waals surface area contributed by atoms with Crippen molar-refractivity contribution >= 4 is 10.0 Å². The van der Waals surface area contributed by atoms with Gasteiger partial charge in [-0.1, -0.05) is 6.07 Å². The molecule has 28 heavy (non-hydrogen) atoms. The Labute approximate surface area is 166 Å². The van der Waals surface area contributed by atoms with E-state index < -0.39 is 10.0 Å². The first kappa shape index (κ1) is 19.2. The predicted octanol–water partition coefficient (Wildman–Crippen LogP) is 2.65. The summed E-state index contributed by atoms with van der Waals surface area (Å²) in [6, 6.07) is 12.8. The number of nitrogens with zero attached hydrogens (tertiary/aromatic N) is 1. The lowest BCUT2D eigenvalue weighted by molar-refractivity contribution is 0.0730. The molecule has 2 aromatic carbocycles. The SMILES string of the molecule is O=S(=O)(c1ccc(OCCOc2ccc3c(c2)CCC3)cc1)N1CCOCC1. The van der Waals surface area contributed by atoms with Gasteiger partial charge in [0.15, 0.2) is 0 Å². The summed E-state index contributed by atoms with van der Waals surface area (Å²) in [5, 5.41) is 0. The third kappa shape index (κ3) is 4.32. The molecule has 1 fully saturated rings. The lowest BCUT2D eigenvalue weighted by Crippen LogP contribution is -2.40. The van der Waals surface area contributed by atoms with Crippen LogP contribution in [0.25, 0.3) is 0 Å². The summed E-state index contributed by atoms with van der Waals surface area (Å²) in [6.45, 7) is 2.48. The molecule has 2 aromatic rings. The van der Waals surface area contributed by atoms with Crippen LogP contribution in [0.5, 0.6) is 11.5 Å². The Bertz CT molecular complexity index is 905. The molecule has 0 N–H and O–H groups in total. The van der Waals surface area contributed by atoms with Crippen molar-refractivity contribution in [2.24, 2.45) is 0 Å². The molecule has 7 heteroatoms. The molecule has 0 radical (unpaired) electrons. The summed E-state index contributed by atoms with van der Waals surface area (Å²) in [7, 11) is -3.47. The predicted molar refractivity (Wildman–Crippen MR) is 105 cm³/mol. The average molecular weight is 404 g/mol. The molecule has 0 spiro atoms. The fourth-order valence-corrected chi connectivity index (χ4v) is 5.01. The van der Waals surface area contributed by atoms with E-state index in [0.29, 0.717) is 45.3 Å².